The number of rotatable bonds is 21. The first-order valence-corrected chi connectivity index (χ1v) is 13.1. The summed E-state index contributed by atoms with van der Waals surface area (Å²) < 4.78 is 10.4. The number of carboxylic acid groups (broad SMARTS) is 2. The number of carbonyl (C=O) groups excluding carboxylic acids is 2. The van der Waals surface area contributed by atoms with Gasteiger partial charge in [0.15, 0.2) is 5.92 Å². The van der Waals surface area contributed by atoms with Gasteiger partial charge in [-0.25, -0.2) is 0 Å². The lowest BCUT2D eigenvalue weighted by molar-refractivity contribution is -0.162. The van der Waals surface area contributed by atoms with Crippen molar-refractivity contribution in [2.45, 2.75) is 124 Å². The highest BCUT2D eigenvalue weighted by molar-refractivity contribution is 5.94. The van der Waals surface area contributed by atoms with Crippen LogP contribution >= 0.6 is 0 Å². The van der Waals surface area contributed by atoms with Crippen molar-refractivity contribution in [1.29, 1.82) is 0 Å². The van der Waals surface area contributed by atoms with Gasteiger partial charge in [-0.3, -0.25) is 19.2 Å². The summed E-state index contributed by atoms with van der Waals surface area (Å²) in [5.74, 6) is -3.13. The molecular formula is C26H48O8. The van der Waals surface area contributed by atoms with Crippen molar-refractivity contribution in [2.24, 2.45) is 5.92 Å². The fourth-order valence-electron chi connectivity index (χ4n) is 3.03. The second-order valence-corrected chi connectivity index (χ2v) is 8.50. The highest BCUT2D eigenvalue weighted by Gasteiger charge is 2.29. The molecule has 0 fully saturated rings. The van der Waals surface area contributed by atoms with E-state index < -0.39 is 29.8 Å². The normalized spacial score (nSPS) is 10.4. The lowest BCUT2D eigenvalue weighted by atomic mass is 10.0. The third-order valence-corrected chi connectivity index (χ3v) is 5.18. The lowest BCUT2D eigenvalue weighted by Crippen LogP contribution is -2.28. The van der Waals surface area contributed by atoms with E-state index in [0.717, 1.165) is 57.8 Å². The molecule has 0 aromatic rings. The summed E-state index contributed by atoms with van der Waals surface area (Å²) in [4.78, 5) is 44.3. The molecule has 0 bridgehead atoms. The van der Waals surface area contributed by atoms with Crippen molar-refractivity contribution in [3.05, 3.63) is 0 Å². The van der Waals surface area contributed by atoms with Crippen LogP contribution < -0.4 is 0 Å². The van der Waals surface area contributed by atoms with Crippen molar-refractivity contribution >= 4 is 23.9 Å². The second kappa shape index (κ2) is 25.5. The van der Waals surface area contributed by atoms with E-state index in [1.54, 1.807) is 0 Å². The molecular weight excluding hydrogens is 440 g/mol. The summed E-state index contributed by atoms with van der Waals surface area (Å²) in [6.45, 7) is 7.03. The number of esters is 2. The van der Waals surface area contributed by atoms with E-state index in [1.807, 2.05) is 13.8 Å². The number of aliphatic carboxylic acids is 2. The number of hydrogen-bond acceptors (Lipinski definition) is 6. The van der Waals surface area contributed by atoms with Gasteiger partial charge < -0.3 is 19.7 Å². The molecule has 0 aliphatic rings. The molecule has 0 unspecified atom stereocenters. The minimum Gasteiger partial charge on any atom is -0.481 e. The van der Waals surface area contributed by atoms with Crippen molar-refractivity contribution in [1.82, 2.24) is 0 Å². The highest BCUT2D eigenvalue weighted by Crippen LogP contribution is 2.16. The van der Waals surface area contributed by atoms with Gasteiger partial charge in [-0.1, -0.05) is 78.6 Å². The number of unbranched alkanes of at least 4 members (excludes halogenated alkanes) is 9. The van der Waals surface area contributed by atoms with Gasteiger partial charge in [0.1, 0.15) is 0 Å². The molecule has 0 aliphatic heterocycles. The maximum atomic E-state index is 12.1. The molecule has 0 saturated carbocycles. The van der Waals surface area contributed by atoms with E-state index in [9.17, 15) is 19.2 Å². The van der Waals surface area contributed by atoms with E-state index in [2.05, 4.69) is 6.92 Å². The molecule has 0 atom stereocenters. The Morgan fingerprint density at radius 3 is 1.32 bits per heavy atom. The van der Waals surface area contributed by atoms with Crippen molar-refractivity contribution < 1.29 is 38.9 Å². The Balaban J connectivity index is 0. The predicted molar refractivity (Wildman–Crippen MR) is 132 cm³/mol. The highest BCUT2D eigenvalue weighted by atomic mass is 16.6. The standard InChI is InChI=1S/C18H34O4.C8H14O4/c1-4-7-10-11-12-13-16(17(19)21-14-8-5-2)18(20)22-15-9-6-3;9-7(10)5-3-1-2-4-6-8(11)12/h16H,4-15H2,1-3H3;1-6H2,(H,9,10)(H,11,12). The Labute approximate surface area is 205 Å². The van der Waals surface area contributed by atoms with Crippen molar-refractivity contribution in [3.63, 3.8) is 0 Å². The number of carbonyl (C=O) groups is 4. The summed E-state index contributed by atoms with van der Waals surface area (Å²) in [5.41, 5.74) is 0. The molecule has 0 spiro atoms. The zero-order valence-electron chi connectivity index (χ0n) is 21.6. The molecule has 0 heterocycles. The van der Waals surface area contributed by atoms with Gasteiger partial charge >= 0.3 is 23.9 Å². The number of carboxylic acids is 2. The predicted octanol–water partition coefficient (Wildman–Crippen LogP) is 6.15. The minimum atomic E-state index is -0.784. The quantitative estimate of drug-likeness (QED) is 0.112. The van der Waals surface area contributed by atoms with Crippen LogP contribution in [0.5, 0.6) is 0 Å². The Morgan fingerprint density at radius 1 is 0.559 bits per heavy atom. The zero-order valence-corrected chi connectivity index (χ0v) is 21.6. The fraction of sp³-hybridized carbons (Fsp3) is 0.846. The summed E-state index contributed by atoms with van der Waals surface area (Å²) in [6.07, 6.45) is 12.9. The molecule has 34 heavy (non-hydrogen) atoms. The van der Waals surface area contributed by atoms with Gasteiger partial charge in [0.25, 0.3) is 0 Å². The van der Waals surface area contributed by atoms with Gasteiger partial charge in [-0.15, -0.1) is 0 Å². The van der Waals surface area contributed by atoms with E-state index in [1.165, 1.54) is 12.8 Å². The molecule has 0 saturated heterocycles. The Morgan fingerprint density at radius 2 is 0.941 bits per heavy atom. The van der Waals surface area contributed by atoms with E-state index in [-0.39, 0.29) is 12.8 Å². The Bertz CT molecular complexity index is 493. The molecule has 0 amide bonds. The van der Waals surface area contributed by atoms with Crippen LogP contribution in [0.1, 0.15) is 124 Å². The average molecular weight is 489 g/mol. The molecule has 8 nitrogen and oxygen atoms in total. The number of hydrogen-bond donors (Lipinski definition) is 2. The molecule has 2 N–H and O–H groups in total. The summed E-state index contributed by atoms with van der Waals surface area (Å²) >= 11 is 0. The van der Waals surface area contributed by atoms with Crippen molar-refractivity contribution in [3.8, 4) is 0 Å². The van der Waals surface area contributed by atoms with Gasteiger partial charge in [-0.05, 0) is 32.1 Å². The van der Waals surface area contributed by atoms with Crippen LogP contribution in [0.15, 0.2) is 0 Å². The molecule has 0 rings (SSSR count). The van der Waals surface area contributed by atoms with Crippen LogP contribution in [0.4, 0.5) is 0 Å². The van der Waals surface area contributed by atoms with Crippen LogP contribution in [0, 0.1) is 5.92 Å². The first-order chi connectivity index (χ1) is 16.3. The van der Waals surface area contributed by atoms with E-state index in [0.29, 0.717) is 32.5 Å². The monoisotopic (exact) mass is 488 g/mol. The van der Waals surface area contributed by atoms with Crippen molar-refractivity contribution in [2.75, 3.05) is 13.2 Å². The third-order valence-electron chi connectivity index (χ3n) is 5.18. The first kappa shape index (κ1) is 34.0. The van der Waals surface area contributed by atoms with Crippen LogP contribution in [-0.4, -0.2) is 47.3 Å². The Kier molecular flexibility index (Phi) is 25.5. The largest absolute Gasteiger partial charge is 0.481 e. The second-order valence-electron chi connectivity index (χ2n) is 8.50. The fourth-order valence-corrected chi connectivity index (χ4v) is 3.03. The van der Waals surface area contributed by atoms with Gasteiger partial charge in [-0.2, -0.15) is 0 Å². The van der Waals surface area contributed by atoms with E-state index >= 15 is 0 Å². The molecule has 0 aliphatic carbocycles. The van der Waals surface area contributed by atoms with Crippen LogP contribution in [0.2, 0.25) is 0 Å². The zero-order chi connectivity index (χ0) is 26.0. The maximum Gasteiger partial charge on any atom is 0.320 e. The summed E-state index contributed by atoms with van der Waals surface area (Å²) in [7, 11) is 0. The topological polar surface area (TPSA) is 127 Å². The molecule has 8 heteroatoms. The lowest BCUT2D eigenvalue weighted by Gasteiger charge is -2.15. The molecule has 0 aromatic carbocycles. The first-order valence-electron chi connectivity index (χ1n) is 13.1. The Hall–Kier alpha value is -2.12. The average Bonchev–Trinajstić information content (AvgIpc) is 2.78. The van der Waals surface area contributed by atoms with Crippen LogP contribution in [-0.2, 0) is 28.7 Å². The van der Waals surface area contributed by atoms with Crippen LogP contribution in [0.25, 0.3) is 0 Å². The minimum absolute atomic E-state index is 0.188. The van der Waals surface area contributed by atoms with Gasteiger partial charge in [0, 0.05) is 12.8 Å². The third kappa shape index (κ3) is 24.5. The summed E-state index contributed by atoms with van der Waals surface area (Å²) in [6, 6.07) is 0. The SMILES string of the molecule is CCCCCCCC(C(=O)OCCCC)C(=O)OCCCC.O=C(O)CCCCCCC(=O)O. The molecule has 200 valence electrons. The maximum absolute atomic E-state index is 12.1. The smallest absolute Gasteiger partial charge is 0.320 e. The molecule has 0 aromatic heterocycles. The van der Waals surface area contributed by atoms with Gasteiger partial charge in [0.05, 0.1) is 13.2 Å². The van der Waals surface area contributed by atoms with Crippen LogP contribution in [0.3, 0.4) is 0 Å². The number of ether oxygens (including phenoxy) is 2. The molecule has 0 radical (unpaired) electrons. The van der Waals surface area contributed by atoms with E-state index in [4.69, 9.17) is 19.7 Å². The summed E-state index contributed by atoms with van der Waals surface area (Å²) in [5, 5.41) is 16.5. The van der Waals surface area contributed by atoms with Gasteiger partial charge in [0.2, 0.25) is 0 Å².